The van der Waals surface area contributed by atoms with E-state index in [9.17, 15) is 24.2 Å². The topological polar surface area (TPSA) is 131 Å². The maximum atomic E-state index is 12.6. The molecule has 0 aliphatic carbocycles. The average molecular weight is 768 g/mol. The number of ether oxygens (including phenoxy) is 2. The molecule has 0 heterocycles. The maximum absolute atomic E-state index is 12.6. The zero-order chi connectivity index (χ0) is 39.5. The van der Waals surface area contributed by atoms with E-state index in [1.807, 2.05) is 57.6 Å². The first-order chi connectivity index (χ1) is 25.4. The van der Waals surface area contributed by atoms with Crippen LogP contribution < -0.4 is 4.89 Å². The summed E-state index contributed by atoms with van der Waals surface area (Å²) in [5.41, 5.74) is 0. The Balaban J connectivity index is 4.58. The van der Waals surface area contributed by atoms with Crippen LogP contribution in [0.5, 0.6) is 0 Å². The Bertz CT molecular complexity index is 1110. The number of aliphatic hydroxyl groups is 1. The lowest BCUT2D eigenvalue weighted by molar-refractivity contribution is -0.870. The number of aliphatic hydroxyl groups excluding tert-OH is 1. The summed E-state index contributed by atoms with van der Waals surface area (Å²) in [4.78, 5) is 37.3. The van der Waals surface area contributed by atoms with Gasteiger partial charge in [-0.2, -0.15) is 0 Å². The second-order valence-electron chi connectivity index (χ2n) is 14.5. The highest BCUT2D eigenvalue weighted by molar-refractivity contribution is 7.45. The first-order valence-electron chi connectivity index (χ1n) is 20.1. The summed E-state index contributed by atoms with van der Waals surface area (Å²) in [6.45, 7) is 3.94. The van der Waals surface area contributed by atoms with Crippen molar-refractivity contribution in [3.05, 3.63) is 60.8 Å². The molecule has 53 heavy (non-hydrogen) atoms. The van der Waals surface area contributed by atoms with Crippen molar-refractivity contribution in [1.29, 1.82) is 0 Å². The minimum Gasteiger partial charge on any atom is -0.756 e. The molecule has 10 nitrogen and oxygen atoms in total. The van der Waals surface area contributed by atoms with Gasteiger partial charge in [-0.05, 0) is 57.8 Å². The van der Waals surface area contributed by atoms with Crippen LogP contribution in [0.2, 0.25) is 0 Å². The number of rotatable bonds is 35. The van der Waals surface area contributed by atoms with Crippen LogP contribution in [0, 0.1) is 0 Å². The van der Waals surface area contributed by atoms with Crippen molar-refractivity contribution in [2.24, 2.45) is 0 Å². The van der Waals surface area contributed by atoms with Crippen molar-refractivity contribution in [1.82, 2.24) is 0 Å². The van der Waals surface area contributed by atoms with Crippen molar-refractivity contribution in [3.63, 3.8) is 0 Å². The van der Waals surface area contributed by atoms with Crippen molar-refractivity contribution < 1.29 is 47.2 Å². The van der Waals surface area contributed by atoms with E-state index in [4.69, 9.17) is 18.5 Å². The minimum absolute atomic E-state index is 0.0532. The molecule has 0 rings (SSSR count). The van der Waals surface area contributed by atoms with E-state index in [0.29, 0.717) is 30.3 Å². The molecule has 0 saturated heterocycles. The Morgan fingerprint density at radius 3 is 2.02 bits per heavy atom. The highest BCUT2D eigenvalue weighted by Crippen LogP contribution is 2.38. The molecule has 3 atom stereocenters. The van der Waals surface area contributed by atoms with Crippen LogP contribution in [0.1, 0.15) is 136 Å². The predicted molar refractivity (Wildman–Crippen MR) is 214 cm³/mol. The van der Waals surface area contributed by atoms with Crippen molar-refractivity contribution in [2.75, 3.05) is 47.5 Å². The van der Waals surface area contributed by atoms with Crippen LogP contribution in [-0.2, 0) is 32.7 Å². The van der Waals surface area contributed by atoms with Gasteiger partial charge in [0.25, 0.3) is 7.82 Å². The number of quaternary nitrogens is 1. The molecule has 0 aromatic rings. The molecule has 0 aliphatic rings. The van der Waals surface area contributed by atoms with Crippen LogP contribution in [0.4, 0.5) is 0 Å². The van der Waals surface area contributed by atoms with E-state index in [2.05, 4.69) is 38.2 Å². The third-order valence-corrected chi connectivity index (χ3v) is 9.08. The molecule has 0 bridgehead atoms. The van der Waals surface area contributed by atoms with Gasteiger partial charge in [0.05, 0.1) is 33.9 Å². The van der Waals surface area contributed by atoms with E-state index in [1.165, 1.54) is 12.8 Å². The molecule has 0 aromatic heterocycles. The van der Waals surface area contributed by atoms with E-state index < -0.39 is 32.5 Å². The molecule has 0 radical (unpaired) electrons. The Morgan fingerprint density at radius 1 is 0.698 bits per heavy atom. The lowest BCUT2D eigenvalue weighted by atomic mass is 10.1. The third kappa shape index (κ3) is 37.8. The van der Waals surface area contributed by atoms with Gasteiger partial charge in [0.1, 0.15) is 19.8 Å². The first kappa shape index (κ1) is 50.7. The molecule has 0 amide bonds. The van der Waals surface area contributed by atoms with Crippen molar-refractivity contribution in [3.8, 4) is 0 Å². The molecule has 0 fully saturated rings. The number of phosphoric ester groups is 1. The van der Waals surface area contributed by atoms with Gasteiger partial charge in [-0.15, -0.1) is 0 Å². The number of hydrogen-bond donors (Lipinski definition) is 1. The van der Waals surface area contributed by atoms with Crippen LogP contribution >= 0.6 is 7.82 Å². The van der Waals surface area contributed by atoms with Gasteiger partial charge in [-0.25, -0.2) is 0 Å². The summed E-state index contributed by atoms with van der Waals surface area (Å²) in [7, 11) is 1.09. The summed E-state index contributed by atoms with van der Waals surface area (Å²) >= 11 is 0. The van der Waals surface area contributed by atoms with Gasteiger partial charge in [-0.1, -0.05) is 126 Å². The molecule has 1 N–H and O–H groups in total. The predicted octanol–water partition coefficient (Wildman–Crippen LogP) is 9.24. The van der Waals surface area contributed by atoms with E-state index in [1.54, 1.807) is 0 Å². The number of nitrogens with zero attached hydrogens (tertiary/aromatic N) is 1. The number of phosphoric acid groups is 1. The summed E-state index contributed by atoms with van der Waals surface area (Å²) in [6, 6.07) is 0. The average Bonchev–Trinajstić information content (AvgIpc) is 3.09. The summed E-state index contributed by atoms with van der Waals surface area (Å²) in [6.07, 6.45) is 35.8. The fourth-order valence-electron chi connectivity index (χ4n) is 4.85. The van der Waals surface area contributed by atoms with E-state index >= 15 is 0 Å². The van der Waals surface area contributed by atoms with Gasteiger partial charge < -0.3 is 33.0 Å². The second-order valence-corrected chi connectivity index (χ2v) is 15.9. The number of hydrogen-bond acceptors (Lipinski definition) is 9. The number of allylic oxidation sites excluding steroid dienone is 9. The van der Waals surface area contributed by atoms with Gasteiger partial charge in [0.15, 0.2) is 6.10 Å². The number of esters is 2. The fraction of sp³-hybridized carbons (Fsp3) is 0.714. The molecular formula is C42H74NO9P. The maximum Gasteiger partial charge on any atom is 0.306 e. The van der Waals surface area contributed by atoms with Gasteiger partial charge in [0.2, 0.25) is 0 Å². The quantitative estimate of drug-likeness (QED) is 0.0167. The zero-order valence-corrected chi connectivity index (χ0v) is 34.7. The molecule has 0 aliphatic heterocycles. The monoisotopic (exact) mass is 768 g/mol. The minimum atomic E-state index is -4.65. The summed E-state index contributed by atoms with van der Waals surface area (Å²) < 4.78 is 33.7. The summed E-state index contributed by atoms with van der Waals surface area (Å²) in [5.74, 6) is -0.946. The van der Waals surface area contributed by atoms with Crippen LogP contribution in [0.15, 0.2) is 60.8 Å². The lowest BCUT2D eigenvalue weighted by Crippen LogP contribution is -2.37. The lowest BCUT2D eigenvalue weighted by Gasteiger charge is -2.28. The molecule has 0 saturated carbocycles. The van der Waals surface area contributed by atoms with Gasteiger partial charge in [0, 0.05) is 12.8 Å². The van der Waals surface area contributed by atoms with Crippen molar-refractivity contribution >= 4 is 19.8 Å². The Morgan fingerprint density at radius 2 is 1.30 bits per heavy atom. The van der Waals surface area contributed by atoms with Crippen molar-refractivity contribution in [2.45, 2.75) is 148 Å². The standard InChI is InChI=1S/C42H74NO9P/c1-6-8-10-11-12-13-15-19-22-25-29-33-41(45)49-37-40(38-51-53(47,48)50-36-35-43(3,4)5)52-42(46)34-30-26-23-20-17-14-16-18-21-24-28-32-39(44)31-27-9-7-2/h11-12,14,16,20-21,23-24,28,32,39-40,44H,6-10,13,15,17-19,22,25-27,29-31,33-38H2,1-5H3/b12-11-,16-14-,23-20-,24-21-,32-28+/t39-,40+/m0/s1. The second kappa shape index (κ2) is 34.2. The van der Waals surface area contributed by atoms with Crippen LogP contribution in [0.3, 0.4) is 0 Å². The van der Waals surface area contributed by atoms with E-state index in [0.717, 1.165) is 77.0 Å². The highest BCUT2D eigenvalue weighted by Gasteiger charge is 2.21. The Hall–Kier alpha value is -2.33. The third-order valence-electron chi connectivity index (χ3n) is 8.11. The molecule has 11 heteroatoms. The largest absolute Gasteiger partial charge is 0.756 e. The highest BCUT2D eigenvalue weighted by atomic mass is 31.2. The molecule has 0 spiro atoms. The number of likely N-dealkylation sites (N-methyl/N-ethyl adjacent to an activating group) is 1. The number of carbonyl (C=O) groups is 2. The Kier molecular flexibility index (Phi) is 32.7. The molecule has 1 unspecified atom stereocenters. The normalized spacial score (nSPS) is 14.9. The molecule has 306 valence electrons. The Labute approximate surface area is 322 Å². The molecular weight excluding hydrogens is 693 g/mol. The number of unbranched alkanes of at least 4 members (excludes halogenated alkanes) is 10. The van der Waals surface area contributed by atoms with E-state index in [-0.39, 0.29) is 32.2 Å². The number of carbonyl (C=O) groups excluding carboxylic acids is 2. The first-order valence-corrected chi connectivity index (χ1v) is 21.6. The van der Waals surface area contributed by atoms with Gasteiger partial charge >= 0.3 is 11.9 Å². The molecule has 0 aromatic carbocycles. The zero-order valence-electron chi connectivity index (χ0n) is 33.8. The SMILES string of the molecule is CCCC/C=C\CCCCCCCC(=O)OC[C@H](COP(=O)([O-])OCC[N+](C)(C)C)OC(=O)CCC/C=C\C/C=C\C/C=C\C=C\[C@@H](O)CCCCC. The fourth-order valence-corrected chi connectivity index (χ4v) is 5.58. The summed E-state index contributed by atoms with van der Waals surface area (Å²) in [5, 5.41) is 9.89. The van der Waals surface area contributed by atoms with Crippen LogP contribution in [0.25, 0.3) is 0 Å². The smallest absolute Gasteiger partial charge is 0.306 e. The van der Waals surface area contributed by atoms with Crippen LogP contribution in [-0.4, -0.2) is 81.2 Å². The van der Waals surface area contributed by atoms with Gasteiger partial charge in [-0.3, -0.25) is 14.2 Å².